The third-order valence-electron chi connectivity index (χ3n) is 4.55. The molecule has 3 rings (SSSR count). The number of carboxylic acids is 1. The van der Waals surface area contributed by atoms with E-state index in [-0.39, 0.29) is 17.7 Å². The maximum absolute atomic E-state index is 12.5. The lowest BCUT2D eigenvalue weighted by Gasteiger charge is -2.32. The zero-order chi connectivity index (χ0) is 15.7. The van der Waals surface area contributed by atoms with Crippen LogP contribution in [0.5, 0.6) is 0 Å². The molecule has 1 saturated carbocycles. The number of hydrogen-bond donors (Lipinski definition) is 1. The average Bonchev–Trinajstić information content (AvgIpc) is 3.26. The molecule has 0 aromatic carbocycles. The smallest absolute Gasteiger partial charge is 0.352 e. The number of piperidine rings is 1. The van der Waals surface area contributed by atoms with E-state index in [4.69, 9.17) is 9.84 Å². The summed E-state index contributed by atoms with van der Waals surface area (Å²) in [6, 6.07) is 3.06. The predicted octanol–water partition coefficient (Wildman–Crippen LogP) is 1.75. The second kappa shape index (κ2) is 6.12. The standard InChI is InChI=1S/C16H22N2O4/c1-17-13(4-5-14(17)16(20)21)15(19)18-8-6-12(7-9-18)22-10-11-2-3-11/h4-5,11-12H,2-3,6-10H2,1H3,(H,20,21). The van der Waals surface area contributed by atoms with Gasteiger partial charge in [0.25, 0.3) is 5.91 Å². The second-order valence-corrected chi connectivity index (χ2v) is 6.24. The van der Waals surface area contributed by atoms with Crippen LogP contribution in [0.15, 0.2) is 12.1 Å². The minimum atomic E-state index is -1.02. The third-order valence-corrected chi connectivity index (χ3v) is 4.55. The highest BCUT2D eigenvalue weighted by atomic mass is 16.5. The van der Waals surface area contributed by atoms with Gasteiger partial charge in [0.05, 0.1) is 6.10 Å². The highest BCUT2D eigenvalue weighted by Crippen LogP contribution is 2.30. The third kappa shape index (κ3) is 3.16. The summed E-state index contributed by atoms with van der Waals surface area (Å²) in [5.74, 6) is -0.359. The Morgan fingerprint density at radius 2 is 1.82 bits per heavy atom. The Morgan fingerprint density at radius 3 is 2.36 bits per heavy atom. The normalized spacial score (nSPS) is 19.4. The molecule has 0 radical (unpaired) electrons. The van der Waals surface area contributed by atoms with E-state index in [0.717, 1.165) is 25.4 Å². The SMILES string of the molecule is Cn1c(C(=O)O)ccc1C(=O)N1CCC(OCC2CC2)CC1. The number of carbonyl (C=O) groups excluding carboxylic acids is 1. The first-order valence-electron chi connectivity index (χ1n) is 7.86. The van der Waals surface area contributed by atoms with E-state index in [2.05, 4.69) is 0 Å². The van der Waals surface area contributed by atoms with Gasteiger partial charge in [-0.25, -0.2) is 4.79 Å². The van der Waals surface area contributed by atoms with Gasteiger partial charge in [0.2, 0.25) is 0 Å². The minimum absolute atomic E-state index is 0.101. The molecule has 2 fully saturated rings. The van der Waals surface area contributed by atoms with Crippen LogP contribution in [-0.4, -0.2) is 52.3 Å². The first kappa shape index (κ1) is 15.1. The topological polar surface area (TPSA) is 71.8 Å². The highest BCUT2D eigenvalue weighted by Gasteiger charge is 2.28. The summed E-state index contributed by atoms with van der Waals surface area (Å²) < 4.78 is 7.32. The van der Waals surface area contributed by atoms with E-state index in [1.54, 1.807) is 18.0 Å². The predicted molar refractivity (Wildman–Crippen MR) is 80.0 cm³/mol. The molecule has 1 aromatic rings. The molecule has 0 atom stereocenters. The van der Waals surface area contributed by atoms with Crippen molar-refractivity contribution in [2.75, 3.05) is 19.7 Å². The van der Waals surface area contributed by atoms with Crippen molar-refractivity contribution >= 4 is 11.9 Å². The number of likely N-dealkylation sites (tertiary alicyclic amines) is 1. The van der Waals surface area contributed by atoms with Crippen molar-refractivity contribution < 1.29 is 19.4 Å². The van der Waals surface area contributed by atoms with Crippen LogP contribution < -0.4 is 0 Å². The van der Waals surface area contributed by atoms with Crippen LogP contribution in [0.25, 0.3) is 0 Å². The lowest BCUT2D eigenvalue weighted by atomic mass is 10.1. The van der Waals surface area contributed by atoms with Gasteiger partial charge in [-0.3, -0.25) is 4.79 Å². The van der Waals surface area contributed by atoms with Crippen LogP contribution in [0, 0.1) is 5.92 Å². The molecule has 22 heavy (non-hydrogen) atoms. The van der Waals surface area contributed by atoms with E-state index in [1.807, 2.05) is 0 Å². The number of ether oxygens (including phenoxy) is 1. The van der Waals surface area contributed by atoms with Gasteiger partial charge in [0.1, 0.15) is 11.4 Å². The van der Waals surface area contributed by atoms with Gasteiger partial charge in [-0.1, -0.05) is 0 Å². The summed E-state index contributed by atoms with van der Waals surface area (Å²) >= 11 is 0. The molecule has 0 unspecified atom stereocenters. The maximum Gasteiger partial charge on any atom is 0.352 e. The van der Waals surface area contributed by atoms with Crippen molar-refractivity contribution in [1.82, 2.24) is 9.47 Å². The molecule has 1 amide bonds. The number of amides is 1. The number of aromatic nitrogens is 1. The number of carboxylic acid groups (broad SMARTS) is 1. The van der Waals surface area contributed by atoms with Crippen LogP contribution in [0.4, 0.5) is 0 Å². The Kier molecular flexibility index (Phi) is 4.20. The molecule has 1 aliphatic heterocycles. The Balaban J connectivity index is 1.56. The van der Waals surface area contributed by atoms with Crippen LogP contribution in [-0.2, 0) is 11.8 Å². The van der Waals surface area contributed by atoms with E-state index in [9.17, 15) is 9.59 Å². The van der Waals surface area contributed by atoms with Gasteiger partial charge in [-0.05, 0) is 43.7 Å². The molecule has 120 valence electrons. The van der Waals surface area contributed by atoms with Crippen LogP contribution in [0.3, 0.4) is 0 Å². The van der Waals surface area contributed by atoms with Crippen molar-refractivity contribution in [2.24, 2.45) is 13.0 Å². The van der Waals surface area contributed by atoms with Gasteiger partial charge in [0.15, 0.2) is 0 Å². The van der Waals surface area contributed by atoms with E-state index < -0.39 is 5.97 Å². The number of carbonyl (C=O) groups is 2. The number of hydrogen-bond acceptors (Lipinski definition) is 3. The van der Waals surface area contributed by atoms with E-state index >= 15 is 0 Å². The fourth-order valence-corrected chi connectivity index (χ4v) is 2.88. The van der Waals surface area contributed by atoms with Crippen LogP contribution in [0.1, 0.15) is 46.7 Å². The number of rotatable bonds is 5. The Labute approximate surface area is 129 Å². The molecule has 1 saturated heterocycles. The van der Waals surface area contributed by atoms with Crippen molar-refractivity contribution in [3.8, 4) is 0 Å². The second-order valence-electron chi connectivity index (χ2n) is 6.24. The van der Waals surface area contributed by atoms with Gasteiger partial charge in [-0.15, -0.1) is 0 Å². The molecule has 6 nitrogen and oxygen atoms in total. The summed E-state index contributed by atoms with van der Waals surface area (Å²) in [6.45, 7) is 2.20. The molecule has 0 bridgehead atoms. The van der Waals surface area contributed by atoms with E-state index in [1.165, 1.54) is 23.5 Å². The lowest BCUT2D eigenvalue weighted by molar-refractivity contribution is 0.00389. The summed E-state index contributed by atoms with van der Waals surface area (Å²) in [4.78, 5) is 25.3. The van der Waals surface area contributed by atoms with E-state index in [0.29, 0.717) is 18.8 Å². The first-order valence-corrected chi connectivity index (χ1v) is 7.86. The summed E-state index contributed by atoms with van der Waals surface area (Å²) in [7, 11) is 1.61. The zero-order valence-electron chi connectivity index (χ0n) is 12.8. The molecule has 2 aliphatic rings. The molecule has 1 aliphatic carbocycles. The Bertz CT molecular complexity index is 569. The lowest BCUT2D eigenvalue weighted by Crippen LogP contribution is -2.41. The largest absolute Gasteiger partial charge is 0.477 e. The van der Waals surface area contributed by atoms with Gasteiger partial charge < -0.3 is 19.3 Å². The molecule has 1 N–H and O–H groups in total. The summed E-state index contributed by atoms with van der Waals surface area (Å²) in [5, 5.41) is 9.05. The van der Waals surface area contributed by atoms with Crippen LogP contribution >= 0.6 is 0 Å². The Hall–Kier alpha value is -1.82. The van der Waals surface area contributed by atoms with Gasteiger partial charge >= 0.3 is 5.97 Å². The summed E-state index contributed by atoms with van der Waals surface area (Å²) in [5.41, 5.74) is 0.556. The van der Waals surface area contributed by atoms with Crippen molar-refractivity contribution in [3.05, 3.63) is 23.5 Å². The monoisotopic (exact) mass is 306 g/mol. The Morgan fingerprint density at radius 1 is 1.18 bits per heavy atom. The summed E-state index contributed by atoms with van der Waals surface area (Å²) in [6.07, 6.45) is 4.55. The maximum atomic E-state index is 12.5. The van der Waals surface area contributed by atoms with Gasteiger partial charge in [-0.2, -0.15) is 0 Å². The number of nitrogens with zero attached hydrogens (tertiary/aromatic N) is 2. The first-order chi connectivity index (χ1) is 10.6. The fourth-order valence-electron chi connectivity index (χ4n) is 2.88. The highest BCUT2D eigenvalue weighted by molar-refractivity contribution is 5.95. The van der Waals surface area contributed by atoms with Crippen molar-refractivity contribution in [1.29, 1.82) is 0 Å². The molecule has 6 heteroatoms. The van der Waals surface area contributed by atoms with Crippen LogP contribution in [0.2, 0.25) is 0 Å². The quantitative estimate of drug-likeness (QED) is 0.899. The number of aromatic carboxylic acids is 1. The van der Waals surface area contributed by atoms with Crippen molar-refractivity contribution in [2.45, 2.75) is 31.8 Å². The molecular formula is C16H22N2O4. The van der Waals surface area contributed by atoms with Gasteiger partial charge in [0, 0.05) is 26.7 Å². The molecular weight excluding hydrogens is 284 g/mol. The zero-order valence-corrected chi connectivity index (χ0v) is 12.8. The molecule has 1 aromatic heterocycles. The average molecular weight is 306 g/mol. The van der Waals surface area contributed by atoms with Crippen molar-refractivity contribution in [3.63, 3.8) is 0 Å². The minimum Gasteiger partial charge on any atom is -0.477 e. The molecule has 2 heterocycles. The molecule has 0 spiro atoms. The fraction of sp³-hybridized carbons (Fsp3) is 0.625.